The third-order valence-corrected chi connectivity index (χ3v) is 4.26. The molecular weight excluding hydrogens is 266 g/mol. The number of benzene rings is 1. The van der Waals surface area contributed by atoms with Crippen LogP contribution in [0.1, 0.15) is 0 Å². The molecule has 0 unspecified atom stereocenters. The smallest absolute Gasteiger partial charge is 0.227 e. The number of para-hydroxylation sites is 1. The summed E-state index contributed by atoms with van der Waals surface area (Å²) >= 11 is 0. The van der Waals surface area contributed by atoms with E-state index in [1.54, 1.807) is 11.6 Å². The van der Waals surface area contributed by atoms with Crippen molar-refractivity contribution < 1.29 is 12.8 Å². The maximum absolute atomic E-state index is 12.3. The van der Waals surface area contributed by atoms with Crippen molar-refractivity contribution in [3.8, 4) is 0 Å². The Morgan fingerprint density at radius 2 is 1.89 bits per heavy atom. The average Bonchev–Trinajstić information content (AvgIpc) is 2.64. The van der Waals surface area contributed by atoms with E-state index < -0.39 is 15.3 Å². The van der Waals surface area contributed by atoms with Gasteiger partial charge in [-0.3, -0.25) is 4.79 Å². The minimum Gasteiger partial charge on any atom is -0.460 e. The molecule has 19 heavy (non-hydrogen) atoms. The van der Waals surface area contributed by atoms with E-state index in [2.05, 4.69) is 0 Å². The van der Waals surface area contributed by atoms with Gasteiger partial charge >= 0.3 is 0 Å². The standard InChI is InChI=1S/C13H11NO4S/c1-14-9-6-4-3-5-8(9)13-11(14)12(15)10(7-18-13)19(2,16)17/h3-7H,1-2H3. The number of aromatic nitrogens is 1. The van der Waals surface area contributed by atoms with Crippen LogP contribution in [0, 0.1) is 0 Å². The molecule has 0 saturated carbocycles. The van der Waals surface area contributed by atoms with Gasteiger partial charge in [0.25, 0.3) is 0 Å². The molecule has 0 N–H and O–H groups in total. The Bertz CT molecular complexity index is 963. The number of hydrogen-bond acceptors (Lipinski definition) is 4. The molecule has 3 aromatic rings. The van der Waals surface area contributed by atoms with E-state index >= 15 is 0 Å². The summed E-state index contributed by atoms with van der Waals surface area (Å²) in [5.41, 5.74) is 0.978. The first kappa shape index (κ1) is 12.0. The molecule has 2 heterocycles. The van der Waals surface area contributed by atoms with Crippen molar-refractivity contribution in [1.29, 1.82) is 0 Å². The van der Waals surface area contributed by atoms with Crippen LogP contribution in [0.2, 0.25) is 0 Å². The van der Waals surface area contributed by atoms with E-state index in [0.29, 0.717) is 5.58 Å². The zero-order valence-electron chi connectivity index (χ0n) is 10.4. The summed E-state index contributed by atoms with van der Waals surface area (Å²) in [5, 5.41) is 0.789. The van der Waals surface area contributed by atoms with E-state index in [1.165, 1.54) is 0 Å². The first-order valence-electron chi connectivity index (χ1n) is 5.60. The fourth-order valence-electron chi connectivity index (χ4n) is 2.27. The molecule has 0 aliphatic carbocycles. The predicted octanol–water partition coefficient (Wildman–Crippen LogP) is 1.69. The maximum Gasteiger partial charge on any atom is 0.227 e. The van der Waals surface area contributed by atoms with Crippen LogP contribution in [-0.2, 0) is 16.9 Å². The van der Waals surface area contributed by atoms with E-state index in [1.807, 2.05) is 24.3 Å². The SMILES string of the molecule is Cn1c2ccccc2c2occ(S(C)(=O)=O)c(=O)c21. The second-order valence-corrected chi connectivity index (χ2v) is 6.44. The summed E-state index contributed by atoms with van der Waals surface area (Å²) in [5.74, 6) is 0. The Kier molecular flexibility index (Phi) is 2.34. The summed E-state index contributed by atoms with van der Waals surface area (Å²) in [6, 6.07) is 7.38. The fraction of sp³-hybridized carbons (Fsp3) is 0.154. The molecule has 0 aliphatic rings. The van der Waals surface area contributed by atoms with Crippen molar-refractivity contribution in [3.05, 3.63) is 40.8 Å². The quantitative estimate of drug-likeness (QED) is 0.678. The molecule has 0 amide bonds. The van der Waals surface area contributed by atoms with Crippen molar-refractivity contribution in [2.75, 3.05) is 6.26 Å². The molecule has 0 aliphatic heterocycles. The highest BCUT2D eigenvalue weighted by molar-refractivity contribution is 7.90. The minimum absolute atomic E-state index is 0.268. The topological polar surface area (TPSA) is 69.3 Å². The molecular formula is C13H11NO4S. The number of sulfone groups is 1. The van der Waals surface area contributed by atoms with Gasteiger partial charge in [0, 0.05) is 18.7 Å². The lowest BCUT2D eigenvalue weighted by atomic mass is 10.2. The van der Waals surface area contributed by atoms with Crippen molar-refractivity contribution in [2.24, 2.45) is 7.05 Å². The number of aryl methyl sites for hydroxylation is 1. The molecule has 2 aromatic heterocycles. The zero-order chi connectivity index (χ0) is 13.8. The van der Waals surface area contributed by atoms with Crippen LogP contribution in [0.3, 0.4) is 0 Å². The Labute approximate surface area is 109 Å². The minimum atomic E-state index is -3.60. The lowest BCUT2D eigenvalue weighted by Crippen LogP contribution is -2.15. The maximum atomic E-state index is 12.3. The summed E-state index contributed by atoms with van der Waals surface area (Å²) < 4.78 is 30.2. The van der Waals surface area contributed by atoms with Crippen LogP contribution < -0.4 is 5.43 Å². The summed E-state index contributed by atoms with van der Waals surface area (Å²) in [7, 11) is -1.88. The molecule has 98 valence electrons. The van der Waals surface area contributed by atoms with Gasteiger partial charge in [0.2, 0.25) is 5.43 Å². The van der Waals surface area contributed by atoms with Gasteiger partial charge in [-0.05, 0) is 12.1 Å². The largest absolute Gasteiger partial charge is 0.460 e. The van der Waals surface area contributed by atoms with Crippen LogP contribution >= 0.6 is 0 Å². The number of rotatable bonds is 1. The molecule has 1 aromatic carbocycles. The molecule has 6 heteroatoms. The summed E-state index contributed by atoms with van der Waals surface area (Å²) in [4.78, 5) is 12.0. The van der Waals surface area contributed by atoms with Gasteiger partial charge in [-0.25, -0.2) is 8.42 Å². The van der Waals surface area contributed by atoms with Gasteiger partial charge in [0.1, 0.15) is 11.8 Å². The third kappa shape index (κ3) is 1.60. The van der Waals surface area contributed by atoms with Crippen LogP contribution in [0.5, 0.6) is 0 Å². The van der Waals surface area contributed by atoms with E-state index in [-0.39, 0.29) is 10.4 Å². The molecule has 0 atom stereocenters. The number of nitrogens with zero attached hydrogens (tertiary/aromatic N) is 1. The van der Waals surface area contributed by atoms with Crippen LogP contribution in [-0.4, -0.2) is 19.2 Å². The van der Waals surface area contributed by atoms with Gasteiger partial charge in [0.05, 0.1) is 5.52 Å². The lowest BCUT2D eigenvalue weighted by Gasteiger charge is -1.99. The molecule has 3 rings (SSSR count). The molecule has 0 radical (unpaired) electrons. The van der Waals surface area contributed by atoms with Crippen molar-refractivity contribution in [1.82, 2.24) is 4.57 Å². The van der Waals surface area contributed by atoms with Crippen molar-refractivity contribution in [3.63, 3.8) is 0 Å². The average molecular weight is 277 g/mol. The Hall–Kier alpha value is -2.08. The Balaban J connectivity index is 2.62. The van der Waals surface area contributed by atoms with Crippen LogP contribution in [0.25, 0.3) is 22.0 Å². The third-order valence-electron chi connectivity index (χ3n) is 3.18. The lowest BCUT2D eigenvalue weighted by molar-refractivity contribution is 0.570. The molecule has 5 nitrogen and oxygen atoms in total. The second-order valence-electron chi connectivity index (χ2n) is 4.46. The van der Waals surface area contributed by atoms with E-state index in [0.717, 1.165) is 23.4 Å². The van der Waals surface area contributed by atoms with Crippen molar-refractivity contribution >= 4 is 31.8 Å². The molecule has 0 spiro atoms. The van der Waals surface area contributed by atoms with Gasteiger partial charge in [-0.2, -0.15) is 0 Å². The molecule has 0 bridgehead atoms. The van der Waals surface area contributed by atoms with Gasteiger partial charge in [0.15, 0.2) is 20.3 Å². The fourth-order valence-corrected chi connectivity index (χ4v) is 2.93. The molecule has 0 fully saturated rings. The van der Waals surface area contributed by atoms with Gasteiger partial charge in [-0.1, -0.05) is 12.1 Å². The molecule has 0 saturated heterocycles. The van der Waals surface area contributed by atoms with Gasteiger partial charge in [-0.15, -0.1) is 0 Å². The number of hydrogen-bond donors (Lipinski definition) is 0. The zero-order valence-corrected chi connectivity index (χ0v) is 11.2. The predicted molar refractivity (Wildman–Crippen MR) is 72.1 cm³/mol. The first-order chi connectivity index (χ1) is 8.91. The van der Waals surface area contributed by atoms with Crippen molar-refractivity contribution in [2.45, 2.75) is 4.90 Å². The normalized spacial score (nSPS) is 12.3. The Morgan fingerprint density at radius 3 is 2.58 bits per heavy atom. The highest BCUT2D eigenvalue weighted by atomic mass is 32.2. The van der Waals surface area contributed by atoms with Crippen LogP contribution in [0.4, 0.5) is 0 Å². The monoisotopic (exact) mass is 277 g/mol. The Morgan fingerprint density at radius 1 is 1.21 bits per heavy atom. The van der Waals surface area contributed by atoms with Gasteiger partial charge < -0.3 is 8.98 Å². The number of fused-ring (bicyclic) bond motifs is 3. The highest BCUT2D eigenvalue weighted by Gasteiger charge is 2.20. The summed E-state index contributed by atoms with van der Waals surface area (Å²) in [6.45, 7) is 0. The second kappa shape index (κ2) is 3.71. The van der Waals surface area contributed by atoms with E-state index in [9.17, 15) is 13.2 Å². The van der Waals surface area contributed by atoms with E-state index in [4.69, 9.17) is 4.42 Å². The van der Waals surface area contributed by atoms with Crippen LogP contribution in [0.15, 0.2) is 44.6 Å². The highest BCUT2D eigenvalue weighted by Crippen LogP contribution is 2.26. The first-order valence-corrected chi connectivity index (χ1v) is 7.49. The summed E-state index contributed by atoms with van der Waals surface area (Å²) in [6.07, 6.45) is 2.01.